The highest BCUT2D eigenvalue weighted by molar-refractivity contribution is 6.30. The lowest BCUT2D eigenvalue weighted by Gasteiger charge is -2.39. The summed E-state index contributed by atoms with van der Waals surface area (Å²) in [6, 6.07) is 14.9. The second-order valence-corrected chi connectivity index (χ2v) is 6.70. The maximum absolute atomic E-state index is 11.6. The van der Waals surface area contributed by atoms with Crippen molar-refractivity contribution in [3.8, 4) is 0 Å². The Balaban J connectivity index is 2.08. The van der Waals surface area contributed by atoms with Crippen LogP contribution in [0, 0.1) is 5.92 Å². The van der Waals surface area contributed by atoms with Gasteiger partial charge in [0.15, 0.2) is 0 Å². The highest BCUT2D eigenvalue weighted by Gasteiger charge is 2.40. The predicted molar refractivity (Wildman–Crippen MR) is 91.5 cm³/mol. The summed E-state index contributed by atoms with van der Waals surface area (Å²) in [5.74, 6) is 0.114. The van der Waals surface area contributed by atoms with Gasteiger partial charge in [0.1, 0.15) is 5.60 Å². The number of halogens is 2. The molecule has 0 spiro atoms. The van der Waals surface area contributed by atoms with Crippen molar-refractivity contribution in [1.29, 1.82) is 0 Å². The fourth-order valence-corrected chi connectivity index (χ4v) is 3.51. The molecule has 0 aliphatic carbocycles. The molecule has 2 N–H and O–H groups in total. The average Bonchev–Trinajstić information content (AvgIpc) is 2.56. The molecule has 3 rings (SSSR count). The number of hydrogen-bond donors (Lipinski definition) is 2. The molecule has 4 heteroatoms. The third-order valence-electron chi connectivity index (χ3n) is 4.46. The van der Waals surface area contributed by atoms with Crippen molar-refractivity contribution < 1.29 is 5.11 Å². The number of benzene rings is 2. The van der Waals surface area contributed by atoms with Crippen molar-refractivity contribution >= 4 is 23.2 Å². The summed E-state index contributed by atoms with van der Waals surface area (Å²) in [5.41, 5.74) is 0.698. The minimum absolute atomic E-state index is 0.114. The Kier molecular flexibility index (Phi) is 4.74. The first-order valence-electron chi connectivity index (χ1n) is 7.56. The standard InChI is InChI=1S/C18H19Cl2NO/c19-16-7-3-13(4-8-16)18(22,15-2-1-11-21-12-15)14-5-9-17(20)10-6-14/h3-10,15,21-22H,1-2,11-12H2/t15-/m1/s1. The van der Waals surface area contributed by atoms with Gasteiger partial charge in [-0.3, -0.25) is 0 Å². The summed E-state index contributed by atoms with van der Waals surface area (Å²) in [4.78, 5) is 0. The van der Waals surface area contributed by atoms with Crippen molar-refractivity contribution in [2.24, 2.45) is 5.92 Å². The largest absolute Gasteiger partial charge is 0.380 e. The molecule has 1 saturated heterocycles. The van der Waals surface area contributed by atoms with Gasteiger partial charge in [0.2, 0.25) is 0 Å². The van der Waals surface area contributed by atoms with Gasteiger partial charge in [0, 0.05) is 22.5 Å². The quantitative estimate of drug-likeness (QED) is 0.879. The third kappa shape index (κ3) is 3.02. The lowest BCUT2D eigenvalue weighted by Crippen LogP contribution is -2.45. The maximum atomic E-state index is 11.6. The van der Waals surface area contributed by atoms with Crippen molar-refractivity contribution in [1.82, 2.24) is 5.32 Å². The Hall–Kier alpha value is -1.06. The molecule has 0 unspecified atom stereocenters. The summed E-state index contributed by atoms with van der Waals surface area (Å²) >= 11 is 12.0. The van der Waals surface area contributed by atoms with Gasteiger partial charge < -0.3 is 10.4 Å². The van der Waals surface area contributed by atoms with Crippen LogP contribution in [0.5, 0.6) is 0 Å². The van der Waals surface area contributed by atoms with E-state index in [0.717, 1.165) is 37.1 Å². The second kappa shape index (κ2) is 6.59. The number of hydrogen-bond acceptors (Lipinski definition) is 2. The van der Waals surface area contributed by atoms with E-state index in [1.165, 1.54) is 0 Å². The van der Waals surface area contributed by atoms with Crippen molar-refractivity contribution in [2.45, 2.75) is 18.4 Å². The zero-order valence-electron chi connectivity index (χ0n) is 12.2. The number of aliphatic hydroxyl groups is 1. The molecule has 1 atom stereocenters. The highest BCUT2D eigenvalue weighted by Crippen LogP contribution is 2.40. The predicted octanol–water partition coefficient (Wildman–Crippen LogP) is 4.23. The highest BCUT2D eigenvalue weighted by atomic mass is 35.5. The SMILES string of the molecule is OC(c1ccc(Cl)cc1)(c1ccc(Cl)cc1)[C@@H]1CCCNC1. The van der Waals surface area contributed by atoms with E-state index in [9.17, 15) is 5.11 Å². The van der Waals surface area contributed by atoms with Crippen LogP contribution >= 0.6 is 23.2 Å². The molecule has 1 aliphatic rings. The van der Waals surface area contributed by atoms with Crippen LogP contribution in [0.2, 0.25) is 10.0 Å². The van der Waals surface area contributed by atoms with Gasteiger partial charge in [-0.15, -0.1) is 0 Å². The van der Waals surface area contributed by atoms with E-state index in [1.807, 2.05) is 48.5 Å². The molecule has 0 bridgehead atoms. The van der Waals surface area contributed by atoms with Gasteiger partial charge >= 0.3 is 0 Å². The smallest absolute Gasteiger partial charge is 0.119 e. The Bertz CT molecular complexity index is 573. The van der Waals surface area contributed by atoms with Crippen LogP contribution in [0.4, 0.5) is 0 Å². The average molecular weight is 336 g/mol. The van der Waals surface area contributed by atoms with Gasteiger partial charge in [-0.2, -0.15) is 0 Å². The van der Waals surface area contributed by atoms with E-state index < -0.39 is 5.60 Å². The second-order valence-electron chi connectivity index (χ2n) is 5.82. The molecule has 0 radical (unpaired) electrons. The summed E-state index contributed by atoms with van der Waals surface area (Å²) in [7, 11) is 0. The minimum Gasteiger partial charge on any atom is -0.380 e. The van der Waals surface area contributed by atoms with Crippen LogP contribution in [0.25, 0.3) is 0 Å². The van der Waals surface area contributed by atoms with Crippen molar-refractivity contribution in [3.63, 3.8) is 0 Å². The van der Waals surface area contributed by atoms with Gasteiger partial charge in [-0.05, 0) is 54.8 Å². The van der Waals surface area contributed by atoms with E-state index in [4.69, 9.17) is 23.2 Å². The zero-order chi connectivity index (χ0) is 15.6. The molecule has 1 fully saturated rings. The van der Waals surface area contributed by atoms with E-state index in [2.05, 4.69) is 5.32 Å². The van der Waals surface area contributed by atoms with Crippen LogP contribution in [-0.4, -0.2) is 18.2 Å². The molecule has 22 heavy (non-hydrogen) atoms. The summed E-state index contributed by atoms with van der Waals surface area (Å²) in [6.07, 6.45) is 2.04. The van der Waals surface area contributed by atoms with Gasteiger partial charge in [-0.25, -0.2) is 0 Å². The molecule has 1 aliphatic heterocycles. The molecule has 0 aromatic heterocycles. The van der Waals surface area contributed by atoms with Gasteiger partial charge in [0.25, 0.3) is 0 Å². The Morgan fingerprint density at radius 3 is 1.82 bits per heavy atom. The first-order valence-corrected chi connectivity index (χ1v) is 8.31. The van der Waals surface area contributed by atoms with Gasteiger partial charge in [0.05, 0.1) is 0 Å². The number of piperidine rings is 1. The van der Waals surface area contributed by atoms with E-state index in [1.54, 1.807) is 0 Å². The van der Waals surface area contributed by atoms with Crippen LogP contribution in [0.15, 0.2) is 48.5 Å². The maximum Gasteiger partial charge on any atom is 0.119 e. The third-order valence-corrected chi connectivity index (χ3v) is 4.96. The van der Waals surface area contributed by atoms with Crippen LogP contribution in [0.1, 0.15) is 24.0 Å². The van der Waals surface area contributed by atoms with Crippen LogP contribution in [-0.2, 0) is 5.60 Å². The number of nitrogens with one attached hydrogen (secondary N) is 1. The molecule has 2 nitrogen and oxygen atoms in total. The van der Waals surface area contributed by atoms with E-state index in [0.29, 0.717) is 10.0 Å². The lowest BCUT2D eigenvalue weighted by molar-refractivity contribution is 0.00541. The van der Waals surface area contributed by atoms with Gasteiger partial charge in [-0.1, -0.05) is 47.5 Å². The topological polar surface area (TPSA) is 32.3 Å². The Morgan fingerprint density at radius 1 is 0.909 bits per heavy atom. The zero-order valence-corrected chi connectivity index (χ0v) is 13.7. The monoisotopic (exact) mass is 335 g/mol. The molecule has 116 valence electrons. The van der Waals surface area contributed by atoms with Crippen molar-refractivity contribution in [2.75, 3.05) is 13.1 Å². The summed E-state index contributed by atoms with van der Waals surface area (Å²) in [6.45, 7) is 1.80. The molecule has 0 saturated carbocycles. The minimum atomic E-state index is -1.04. The first-order chi connectivity index (χ1) is 10.6. The van der Waals surface area contributed by atoms with E-state index >= 15 is 0 Å². The number of rotatable bonds is 3. The molecule has 2 aromatic rings. The fourth-order valence-electron chi connectivity index (χ4n) is 3.25. The summed E-state index contributed by atoms with van der Waals surface area (Å²) in [5, 5.41) is 16.4. The molecule has 1 heterocycles. The first kappa shape index (κ1) is 15.8. The Morgan fingerprint density at radius 2 is 1.41 bits per heavy atom. The summed E-state index contributed by atoms with van der Waals surface area (Å²) < 4.78 is 0. The van der Waals surface area contributed by atoms with E-state index in [-0.39, 0.29) is 5.92 Å². The molecule has 2 aromatic carbocycles. The lowest BCUT2D eigenvalue weighted by atomic mass is 9.73. The molecular weight excluding hydrogens is 317 g/mol. The van der Waals surface area contributed by atoms with Crippen molar-refractivity contribution in [3.05, 3.63) is 69.7 Å². The van der Waals surface area contributed by atoms with Crippen LogP contribution in [0.3, 0.4) is 0 Å². The molecular formula is C18H19Cl2NO. The molecule has 0 amide bonds. The van der Waals surface area contributed by atoms with Crippen LogP contribution < -0.4 is 5.32 Å². The Labute approximate surface area is 141 Å². The normalized spacial score (nSPS) is 19.1. The fraction of sp³-hybridized carbons (Fsp3) is 0.333.